The van der Waals surface area contributed by atoms with Crippen LogP contribution >= 0.6 is 0 Å². The first-order valence-electron chi connectivity index (χ1n) is 5.88. The van der Waals surface area contributed by atoms with Gasteiger partial charge in [-0.15, -0.1) is 0 Å². The maximum atomic E-state index is 11.0. The van der Waals surface area contributed by atoms with E-state index < -0.39 is 0 Å². The van der Waals surface area contributed by atoms with E-state index in [1.165, 1.54) is 0 Å². The van der Waals surface area contributed by atoms with Crippen LogP contribution in [0.2, 0.25) is 0 Å². The molecular weight excluding hydrogens is 234 g/mol. The van der Waals surface area contributed by atoms with E-state index in [4.69, 9.17) is 14.2 Å². The summed E-state index contributed by atoms with van der Waals surface area (Å²) in [7, 11) is 1.62. The average molecular weight is 253 g/mol. The fourth-order valence-corrected chi connectivity index (χ4v) is 1.41. The molecule has 0 atom stereocenters. The van der Waals surface area contributed by atoms with Gasteiger partial charge < -0.3 is 19.5 Å². The van der Waals surface area contributed by atoms with Gasteiger partial charge in [-0.25, -0.2) is 4.79 Å². The minimum absolute atomic E-state index is 0.0125. The number of hydrogen-bond acceptors (Lipinski definition) is 5. The third-order valence-electron chi connectivity index (χ3n) is 2.19. The van der Waals surface area contributed by atoms with Gasteiger partial charge in [0, 0.05) is 6.54 Å². The van der Waals surface area contributed by atoms with Gasteiger partial charge in [0.25, 0.3) is 0 Å². The summed E-state index contributed by atoms with van der Waals surface area (Å²) in [6.45, 7) is 3.15. The van der Waals surface area contributed by atoms with Gasteiger partial charge in [0.15, 0.2) is 0 Å². The Morgan fingerprint density at radius 2 is 2.11 bits per heavy atom. The van der Waals surface area contributed by atoms with Crippen molar-refractivity contribution in [2.45, 2.75) is 6.92 Å². The fraction of sp³-hybridized carbons (Fsp3) is 0.462. The predicted octanol–water partition coefficient (Wildman–Crippen LogP) is 1.69. The Morgan fingerprint density at radius 1 is 1.33 bits per heavy atom. The molecule has 100 valence electrons. The van der Waals surface area contributed by atoms with Crippen LogP contribution in [0.1, 0.15) is 6.92 Å². The number of carbonyl (C=O) groups excluding carboxylic acids is 1. The maximum absolute atomic E-state index is 11.0. The van der Waals surface area contributed by atoms with Crippen LogP contribution < -0.4 is 10.1 Å². The summed E-state index contributed by atoms with van der Waals surface area (Å²) in [6.07, 6.45) is 0. The molecule has 1 aromatic carbocycles. The molecule has 0 fully saturated rings. The lowest BCUT2D eigenvalue weighted by atomic mass is 10.3. The first-order chi connectivity index (χ1) is 8.77. The van der Waals surface area contributed by atoms with Crippen molar-refractivity contribution in [2.75, 3.05) is 38.8 Å². The van der Waals surface area contributed by atoms with Crippen LogP contribution in [0, 0.1) is 0 Å². The summed E-state index contributed by atoms with van der Waals surface area (Å²) >= 11 is 0. The monoisotopic (exact) mass is 253 g/mol. The molecule has 0 bridgehead atoms. The van der Waals surface area contributed by atoms with Gasteiger partial charge in [-0.2, -0.15) is 0 Å². The third-order valence-corrected chi connectivity index (χ3v) is 2.19. The number of para-hydroxylation sites is 2. The Bertz CT molecular complexity index is 368. The van der Waals surface area contributed by atoms with Gasteiger partial charge in [-0.05, 0) is 19.1 Å². The van der Waals surface area contributed by atoms with Crippen LogP contribution in [0.25, 0.3) is 0 Å². The molecule has 5 nitrogen and oxygen atoms in total. The zero-order valence-corrected chi connectivity index (χ0v) is 10.8. The highest BCUT2D eigenvalue weighted by Gasteiger charge is 2.02. The van der Waals surface area contributed by atoms with Gasteiger partial charge in [0.1, 0.15) is 12.4 Å². The molecule has 1 N–H and O–H groups in total. The average Bonchev–Trinajstić information content (AvgIpc) is 2.39. The first-order valence-corrected chi connectivity index (χ1v) is 5.88. The fourth-order valence-electron chi connectivity index (χ4n) is 1.41. The van der Waals surface area contributed by atoms with Crippen LogP contribution in [0.5, 0.6) is 5.75 Å². The highest BCUT2D eigenvalue weighted by atomic mass is 16.6. The Morgan fingerprint density at radius 3 is 2.83 bits per heavy atom. The first kappa shape index (κ1) is 14.3. The normalized spacial score (nSPS) is 9.89. The van der Waals surface area contributed by atoms with E-state index in [2.05, 4.69) is 5.32 Å². The Hall–Kier alpha value is -1.75. The van der Waals surface area contributed by atoms with Gasteiger partial charge in [-0.3, -0.25) is 0 Å². The molecule has 5 heteroatoms. The quantitative estimate of drug-likeness (QED) is 0.564. The summed E-state index contributed by atoms with van der Waals surface area (Å²) in [5.41, 5.74) is 0.903. The zero-order chi connectivity index (χ0) is 13.2. The largest absolute Gasteiger partial charge is 0.495 e. The van der Waals surface area contributed by atoms with Crippen molar-refractivity contribution in [1.29, 1.82) is 0 Å². The van der Waals surface area contributed by atoms with E-state index in [0.29, 0.717) is 19.8 Å². The van der Waals surface area contributed by atoms with Crippen molar-refractivity contribution in [3.05, 3.63) is 24.3 Å². The molecule has 0 aliphatic rings. The second-order valence-corrected chi connectivity index (χ2v) is 3.48. The zero-order valence-electron chi connectivity index (χ0n) is 10.8. The molecule has 0 saturated heterocycles. The second kappa shape index (κ2) is 8.36. The van der Waals surface area contributed by atoms with Crippen molar-refractivity contribution >= 4 is 11.7 Å². The number of anilines is 1. The van der Waals surface area contributed by atoms with E-state index in [9.17, 15) is 4.79 Å². The van der Waals surface area contributed by atoms with E-state index >= 15 is 0 Å². The van der Waals surface area contributed by atoms with Crippen LogP contribution in [0.3, 0.4) is 0 Å². The molecular formula is C13H19NO4. The van der Waals surface area contributed by atoms with Crippen molar-refractivity contribution in [3.8, 4) is 5.75 Å². The number of carbonyl (C=O) groups is 1. The molecule has 0 unspecified atom stereocenters. The van der Waals surface area contributed by atoms with E-state index in [1.807, 2.05) is 24.3 Å². The molecule has 1 rings (SSSR count). The number of benzene rings is 1. The number of rotatable bonds is 8. The second-order valence-electron chi connectivity index (χ2n) is 3.48. The topological polar surface area (TPSA) is 56.8 Å². The smallest absolute Gasteiger partial charge is 0.332 e. The standard InChI is InChI=1S/C13H19NO4/c1-3-18-13(15)10-17-9-8-14-11-6-4-5-7-12(11)16-2/h4-7,14H,3,8-10H2,1-2H3. The van der Waals surface area contributed by atoms with Gasteiger partial charge in [0.05, 0.1) is 26.0 Å². The highest BCUT2D eigenvalue weighted by Crippen LogP contribution is 2.22. The van der Waals surface area contributed by atoms with Gasteiger partial charge in [0.2, 0.25) is 0 Å². The molecule has 0 aliphatic heterocycles. The predicted molar refractivity (Wildman–Crippen MR) is 68.9 cm³/mol. The molecule has 0 spiro atoms. The summed E-state index contributed by atoms with van der Waals surface area (Å²) < 4.78 is 15.1. The number of ether oxygens (including phenoxy) is 3. The lowest BCUT2D eigenvalue weighted by molar-refractivity contribution is -0.148. The summed E-state index contributed by atoms with van der Waals surface area (Å²) in [6, 6.07) is 7.62. The molecule has 0 aromatic heterocycles. The van der Waals surface area contributed by atoms with E-state index in [0.717, 1.165) is 11.4 Å². The number of esters is 1. The van der Waals surface area contributed by atoms with Crippen molar-refractivity contribution in [3.63, 3.8) is 0 Å². The number of nitrogens with one attached hydrogen (secondary N) is 1. The molecule has 18 heavy (non-hydrogen) atoms. The Balaban J connectivity index is 2.19. The lowest BCUT2D eigenvalue weighted by Crippen LogP contribution is -2.16. The van der Waals surface area contributed by atoms with Crippen LogP contribution in [-0.4, -0.2) is 39.4 Å². The minimum Gasteiger partial charge on any atom is -0.495 e. The van der Waals surface area contributed by atoms with Gasteiger partial charge >= 0.3 is 5.97 Å². The van der Waals surface area contributed by atoms with E-state index in [1.54, 1.807) is 14.0 Å². The maximum Gasteiger partial charge on any atom is 0.332 e. The van der Waals surface area contributed by atoms with Crippen molar-refractivity contribution in [2.24, 2.45) is 0 Å². The summed E-state index contributed by atoms with van der Waals surface area (Å²) in [5, 5.41) is 3.17. The van der Waals surface area contributed by atoms with Crippen molar-refractivity contribution < 1.29 is 19.0 Å². The molecule has 0 amide bonds. The number of hydrogen-bond donors (Lipinski definition) is 1. The van der Waals surface area contributed by atoms with E-state index in [-0.39, 0.29) is 12.6 Å². The lowest BCUT2D eigenvalue weighted by Gasteiger charge is -2.10. The molecule has 0 radical (unpaired) electrons. The van der Waals surface area contributed by atoms with Crippen molar-refractivity contribution in [1.82, 2.24) is 0 Å². The molecule has 0 saturated carbocycles. The summed E-state index contributed by atoms with van der Waals surface area (Å²) in [4.78, 5) is 11.0. The highest BCUT2D eigenvalue weighted by molar-refractivity contribution is 5.70. The Kier molecular flexibility index (Phi) is 6.64. The van der Waals surface area contributed by atoms with Gasteiger partial charge in [-0.1, -0.05) is 12.1 Å². The number of methoxy groups -OCH3 is 1. The minimum atomic E-state index is -0.338. The van der Waals surface area contributed by atoms with Crippen LogP contribution in [0.4, 0.5) is 5.69 Å². The van der Waals surface area contributed by atoms with Crippen LogP contribution in [-0.2, 0) is 14.3 Å². The molecule has 0 aliphatic carbocycles. The molecule has 0 heterocycles. The third kappa shape index (κ3) is 5.05. The van der Waals surface area contributed by atoms with Crippen LogP contribution in [0.15, 0.2) is 24.3 Å². The SMILES string of the molecule is CCOC(=O)COCCNc1ccccc1OC. The molecule has 1 aromatic rings. The summed E-state index contributed by atoms with van der Waals surface area (Å²) in [5.74, 6) is 0.442. The Labute approximate surface area is 107 Å².